The Morgan fingerprint density at radius 1 is 1.42 bits per heavy atom. The lowest BCUT2D eigenvalue weighted by Crippen LogP contribution is -2.50. The molecule has 0 spiro atoms. The third-order valence-electron chi connectivity index (χ3n) is 5.32. The maximum Gasteiger partial charge on any atom is 0.317 e. The summed E-state index contributed by atoms with van der Waals surface area (Å²) >= 11 is 0. The molecule has 1 aromatic rings. The van der Waals surface area contributed by atoms with Gasteiger partial charge in [0.1, 0.15) is 5.82 Å². The Morgan fingerprint density at radius 2 is 2.12 bits per heavy atom. The van der Waals surface area contributed by atoms with Crippen molar-refractivity contribution in [2.75, 3.05) is 19.7 Å². The summed E-state index contributed by atoms with van der Waals surface area (Å²) < 4.78 is 13.2. The molecule has 134 valence electrons. The number of nitrogens with one attached hydrogen (secondary N) is 1. The quantitative estimate of drug-likeness (QED) is 0.837. The van der Waals surface area contributed by atoms with Crippen LogP contribution >= 0.6 is 0 Å². The van der Waals surface area contributed by atoms with E-state index >= 15 is 0 Å². The maximum atomic E-state index is 13.2. The lowest BCUT2D eigenvalue weighted by molar-refractivity contribution is 0.0515. The summed E-state index contributed by atoms with van der Waals surface area (Å²) in [6.07, 6.45) is 4.17. The minimum absolute atomic E-state index is 0.0141. The lowest BCUT2D eigenvalue weighted by Gasteiger charge is -2.40. The van der Waals surface area contributed by atoms with Crippen LogP contribution < -0.4 is 5.32 Å². The van der Waals surface area contributed by atoms with Crippen LogP contribution in [-0.2, 0) is 6.42 Å². The second-order valence-electron chi connectivity index (χ2n) is 7.02. The third kappa shape index (κ3) is 4.94. The number of likely N-dealkylation sites (tertiary alicyclic amines) is 1. The molecule has 0 aliphatic carbocycles. The molecule has 0 bridgehead atoms. The predicted octanol–water partition coefficient (Wildman–Crippen LogP) is 3.34. The van der Waals surface area contributed by atoms with E-state index < -0.39 is 0 Å². The Morgan fingerprint density at radius 3 is 2.71 bits per heavy atom. The van der Waals surface area contributed by atoms with Crippen molar-refractivity contribution in [1.82, 2.24) is 10.2 Å². The minimum atomic E-state index is -0.221. The fraction of sp³-hybridized carbons (Fsp3) is 0.632. The summed E-state index contributed by atoms with van der Waals surface area (Å²) in [5.41, 5.74) is 0.935. The highest BCUT2D eigenvalue weighted by molar-refractivity contribution is 5.74. The molecule has 1 aliphatic rings. The van der Waals surface area contributed by atoms with Crippen LogP contribution in [0, 0.1) is 11.2 Å². The van der Waals surface area contributed by atoms with Gasteiger partial charge in [0.15, 0.2) is 0 Å². The molecule has 2 N–H and O–H groups in total. The van der Waals surface area contributed by atoms with E-state index in [0.29, 0.717) is 13.1 Å². The number of carbonyl (C=O) groups excluding carboxylic acids is 1. The Labute approximate surface area is 144 Å². The van der Waals surface area contributed by atoms with Crippen LogP contribution in [0.25, 0.3) is 0 Å². The van der Waals surface area contributed by atoms with Crippen LogP contribution in [0.1, 0.15) is 45.1 Å². The number of halogens is 1. The van der Waals surface area contributed by atoms with Gasteiger partial charge in [-0.15, -0.1) is 0 Å². The summed E-state index contributed by atoms with van der Waals surface area (Å²) in [5.74, 6) is -0.221. The second kappa shape index (κ2) is 8.47. The monoisotopic (exact) mass is 336 g/mol. The van der Waals surface area contributed by atoms with Gasteiger partial charge >= 0.3 is 6.03 Å². The van der Waals surface area contributed by atoms with Gasteiger partial charge in [-0.2, -0.15) is 0 Å². The zero-order chi connectivity index (χ0) is 17.6. The van der Waals surface area contributed by atoms with Gasteiger partial charge in [-0.1, -0.05) is 19.1 Å². The van der Waals surface area contributed by atoms with E-state index in [2.05, 4.69) is 12.2 Å². The number of piperidine rings is 1. The molecule has 1 unspecified atom stereocenters. The fourth-order valence-electron chi connectivity index (χ4n) is 3.26. The number of hydrogen-bond donors (Lipinski definition) is 2. The normalized spacial score (nSPS) is 18.2. The van der Waals surface area contributed by atoms with Gasteiger partial charge in [0.25, 0.3) is 0 Å². The van der Waals surface area contributed by atoms with E-state index in [1.807, 2.05) is 17.9 Å². The highest BCUT2D eigenvalue weighted by Gasteiger charge is 2.34. The van der Waals surface area contributed by atoms with Crippen molar-refractivity contribution >= 4 is 6.03 Å². The summed E-state index contributed by atoms with van der Waals surface area (Å²) in [5, 5.41) is 12.6. The van der Waals surface area contributed by atoms with E-state index in [1.165, 1.54) is 6.07 Å². The number of amides is 2. The highest BCUT2D eigenvalue weighted by Crippen LogP contribution is 2.34. The van der Waals surface area contributed by atoms with Gasteiger partial charge < -0.3 is 15.3 Å². The predicted molar refractivity (Wildman–Crippen MR) is 93.3 cm³/mol. The molecule has 1 fully saturated rings. The number of nitrogens with zero attached hydrogens (tertiary/aromatic N) is 1. The molecule has 2 amide bonds. The Bertz CT molecular complexity index is 536. The molecule has 1 saturated heterocycles. The molecule has 0 saturated carbocycles. The van der Waals surface area contributed by atoms with Crippen molar-refractivity contribution in [3.05, 3.63) is 35.6 Å². The molecule has 5 heteroatoms. The third-order valence-corrected chi connectivity index (χ3v) is 5.32. The van der Waals surface area contributed by atoms with Gasteiger partial charge in [0.05, 0.1) is 0 Å². The van der Waals surface area contributed by atoms with E-state index in [1.54, 1.807) is 12.1 Å². The van der Waals surface area contributed by atoms with Crippen LogP contribution in [0.2, 0.25) is 0 Å². The lowest BCUT2D eigenvalue weighted by atomic mass is 9.77. The van der Waals surface area contributed by atoms with Crippen molar-refractivity contribution in [1.29, 1.82) is 0 Å². The molecular formula is C19H29FN2O2. The summed E-state index contributed by atoms with van der Waals surface area (Å²) in [7, 11) is 0. The van der Waals surface area contributed by atoms with Crippen molar-refractivity contribution in [3.8, 4) is 0 Å². The van der Waals surface area contributed by atoms with Crippen LogP contribution in [0.3, 0.4) is 0 Å². The average molecular weight is 336 g/mol. The van der Waals surface area contributed by atoms with E-state index in [9.17, 15) is 14.3 Å². The van der Waals surface area contributed by atoms with Crippen molar-refractivity contribution < 1.29 is 14.3 Å². The molecule has 2 rings (SSSR count). The average Bonchev–Trinajstić information content (AvgIpc) is 2.60. The first kappa shape index (κ1) is 18.7. The molecule has 1 aliphatic heterocycles. The first-order valence-electron chi connectivity index (χ1n) is 8.89. The fourth-order valence-corrected chi connectivity index (χ4v) is 3.26. The smallest absolute Gasteiger partial charge is 0.317 e. The van der Waals surface area contributed by atoms with Crippen molar-refractivity contribution in [2.45, 2.75) is 52.0 Å². The highest BCUT2D eigenvalue weighted by atomic mass is 19.1. The molecule has 4 nitrogen and oxygen atoms in total. The first-order valence-corrected chi connectivity index (χ1v) is 8.89. The Hall–Kier alpha value is -1.62. The Kier molecular flexibility index (Phi) is 6.60. The Balaban J connectivity index is 1.76. The van der Waals surface area contributed by atoms with Gasteiger partial charge in [-0.05, 0) is 62.1 Å². The molecule has 24 heavy (non-hydrogen) atoms. The van der Waals surface area contributed by atoms with Gasteiger partial charge in [0, 0.05) is 25.7 Å². The van der Waals surface area contributed by atoms with Crippen LogP contribution in [-0.4, -0.2) is 41.8 Å². The number of carbonyl (C=O) groups is 1. The first-order chi connectivity index (χ1) is 11.5. The van der Waals surface area contributed by atoms with Crippen molar-refractivity contribution in [2.24, 2.45) is 5.41 Å². The summed E-state index contributed by atoms with van der Waals surface area (Å²) in [6, 6.07) is 6.59. The number of aliphatic hydroxyl groups is 1. The van der Waals surface area contributed by atoms with Gasteiger partial charge in [0.2, 0.25) is 0 Å². The zero-order valence-electron chi connectivity index (χ0n) is 14.7. The number of aliphatic hydroxyl groups excluding tert-OH is 1. The van der Waals surface area contributed by atoms with Gasteiger partial charge in [-0.3, -0.25) is 0 Å². The molecule has 1 aromatic carbocycles. The zero-order valence-corrected chi connectivity index (χ0v) is 14.7. The summed E-state index contributed by atoms with van der Waals surface area (Å²) in [4.78, 5) is 14.2. The molecular weight excluding hydrogens is 307 g/mol. The number of urea groups is 1. The standard InChI is InChI=1S/C19H29FN2O2/c1-3-19(14-23)9-11-22(12-10-19)18(24)21-15(2)7-8-16-5-4-6-17(20)13-16/h4-6,13,15,23H,3,7-12,14H2,1-2H3,(H,21,24). The molecule has 0 radical (unpaired) electrons. The van der Waals surface area contributed by atoms with Crippen molar-refractivity contribution in [3.63, 3.8) is 0 Å². The molecule has 1 heterocycles. The van der Waals surface area contributed by atoms with Crippen LogP contribution in [0.4, 0.5) is 9.18 Å². The molecule has 1 atom stereocenters. The number of aryl methyl sites for hydroxylation is 1. The van der Waals surface area contributed by atoms with Gasteiger partial charge in [-0.25, -0.2) is 9.18 Å². The maximum absolute atomic E-state index is 13.2. The van der Waals surface area contributed by atoms with Crippen LogP contribution in [0.15, 0.2) is 24.3 Å². The number of hydrogen-bond acceptors (Lipinski definition) is 2. The topological polar surface area (TPSA) is 52.6 Å². The molecule has 0 aromatic heterocycles. The summed E-state index contributed by atoms with van der Waals surface area (Å²) in [6.45, 7) is 5.66. The van der Waals surface area contributed by atoms with E-state index in [0.717, 1.165) is 37.7 Å². The number of rotatable bonds is 6. The minimum Gasteiger partial charge on any atom is -0.396 e. The van der Waals surface area contributed by atoms with Crippen LogP contribution in [0.5, 0.6) is 0 Å². The van der Waals surface area contributed by atoms with E-state index in [-0.39, 0.29) is 29.9 Å². The second-order valence-corrected chi connectivity index (χ2v) is 7.02. The SMILES string of the molecule is CCC1(CO)CCN(C(=O)NC(C)CCc2cccc(F)c2)CC1. The largest absolute Gasteiger partial charge is 0.396 e. The van der Waals surface area contributed by atoms with E-state index in [4.69, 9.17) is 0 Å². The number of benzene rings is 1.